The molecule has 0 heterocycles. The average molecular weight is 408 g/mol. The van der Waals surface area contributed by atoms with Crippen LogP contribution in [-0.4, -0.2) is 21.6 Å². The predicted molar refractivity (Wildman–Crippen MR) is 115 cm³/mol. The Kier molecular flexibility index (Phi) is 20.4. The maximum Gasteiger partial charge on any atom is 0.416 e. The Morgan fingerprint density at radius 2 is 1.57 bits per heavy atom. The number of hydrogen-bond donors (Lipinski definition) is 1. The molecule has 0 atom stereocenters. The SMILES string of the molecule is C.C.CC#CC#CC#CC.CC=Cc1ccccc1OCCOS(=O)(=O)ON. The van der Waals surface area contributed by atoms with Crippen LogP contribution in [0.2, 0.25) is 0 Å². The summed E-state index contributed by atoms with van der Waals surface area (Å²) in [5.74, 6) is 20.7. The highest BCUT2D eigenvalue weighted by Gasteiger charge is 2.09. The maximum absolute atomic E-state index is 10.7. The zero-order chi connectivity index (χ0) is 19.7. The van der Waals surface area contributed by atoms with Crippen molar-refractivity contribution in [3.05, 3.63) is 35.9 Å². The van der Waals surface area contributed by atoms with Gasteiger partial charge in [0.25, 0.3) is 0 Å². The van der Waals surface area contributed by atoms with Crippen molar-refractivity contribution in [1.29, 1.82) is 0 Å². The number of hydrogen-bond acceptors (Lipinski definition) is 6. The fraction of sp³-hybridized carbons (Fsp3) is 0.333. The molecule has 0 amide bonds. The minimum absolute atomic E-state index is 0. The highest BCUT2D eigenvalue weighted by atomic mass is 32.3. The van der Waals surface area contributed by atoms with Gasteiger partial charge in [-0.05, 0) is 50.5 Å². The molecular weight excluding hydrogens is 378 g/mol. The molecule has 1 rings (SSSR count). The van der Waals surface area contributed by atoms with Gasteiger partial charge in [0.2, 0.25) is 0 Å². The first-order valence-electron chi connectivity index (χ1n) is 7.46. The highest BCUT2D eigenvalue weighted by molar-refractivity contribution is 7.81. The topological polar surface area (TPSA) is 87.8 Å². The lowest BCUT2D eigenvalue weighted by atomic mass is 10.2. The van der Waals surface area contributed by atoms with E-state index in [0.717, 1.165) is 5.56 Å². The van der Waals surface area contributed by atoms with E-state index in [1.165, 1.54) is 0 Å². The van der Waals surface area contributed by atoms with Crippen molar-refractivity contribution in [2.75, 3.05) is 13.2 Å². The van der Waals surface area contributed by atoms with E-state index < -0.39 is 10.4 Å². The largest absolute Gasteiger partial charge is 0.491 e. The minimum Gasteiger partial charge on any atom is -0.491 e. The molecule has 0 spiro atoms. The molecule has 0 saturated heterocycles. The lowest BCUT2D eigenvalue weighted by molar-refractivity contribution is 0.179. The lowest BCUT2D eigenvalue weighted by Crippen LogP contribution is -2.17. The Balaban J connectivity index is -0.000000537. The molecule has 6 nitrogen and oxygen atoms in total. The summed E-state index contributed by atoms with van der Waals surface area (Å²) >= 11 is 0. The van der Waals surface area contributed by atoms with E-state index in [1.54, 1.807) is 19.9 Å². The molecular formula is C21H29NO5S. The van der Waals surface area contributed by atoms with Gasteiger partial charge in [0.1, 0.15) is 19.0 Å². The molecule has 0 bridgehead atoms. The van der Waals surface area contributed by atoms with Gasteiger partial charge in [-0.1, -0.05) is 57.0 Å². The Morgan fingerprint density at radius 3 is 2.07 bits per heavy atom. The standard InChI is InChI=1S/C11H15NO5S.C8H6.2CH4/c1-2-5-10-6-3-4-7-11(10)15-8-9-16-18(13,14)17-12;1-3-5-7-8-6-4-2;;/h2-7H,8-9,12H2,1H3;1-2H3;2*1H4. The fourth-order valence-electron chi connectivity index (χ4n) is 1.43. The van der Waals surface area contributed by atoms with Crippen LogP contribution in [0.25, 0.3) is 6.08 Å². The summed E-state index contributed by atoms with van der Waals surface area (Å²) in [5, 5.41) is 0. The Labute approximate surface area is 170 Å². The number of benzene rings is 1. The van der Waals surface area contributed by atoms with Gasteiger partial charge in [-0.25, -0.2) is 4.18 Å². The van der Waals surface area contributed by atoms with E-state index in [2.05, 4.69) is 49.9 Å². The van der Waals surface area contributed by atoms with Gasteiger partial charge in [0.15, 0.2) is 0 Å². The van der Waals surface area contributed by atoms with Gasteiger partial charge in [-0.2, -0.15) is 18.6 Å². The maximum atomic E-state index is 10.7. The molecule has 0 saturated carbocycles. The molecule has 0 aliphatic rings. The summed E-state index contributed by atoms with van der Waals surface area (Å²) in [6, 6.07) is 7.37. The van der Waals surface area contributed by atoms with Gasteiger partial charge in [-0.15, -0.1) is 0 Å². The summed E-state index contributed by atoms with van der Waals surface area (Å²) in [6.45, 7) is 5.27. The third-order valence-electron chi connectivity index (χ3n) is 2.39. The van der Waals surface area contributed by atoms with E-state index >= 15 is 0 Å². The zero-order valence-electron chi connectivity index (χ0n) is 14.9. The monoisotopic (exact) mass is 407 g/mol. The summed E-state index contributed by atoms with van der Waals surface area (Å²) in [7, 11) is -4.11. The number of allylic oxidation sites excluding steroid dienone is 1. The minimum atomic E-state index is -4.11. The molecule has 0 fully saturated rings. The smallest absolute Gasteiger partial charge is 0.416 e. The molecule has 0 unspecified atom stereocenters. The van der Waals surface area contributed by atoms with Crippen LogP contribution >= 0.6 is 0 Å². The predicted octanol–water partition coefficient (Wildman–Crippen LogP) is 3.56. The van der Waals surface area contributed by atoms with Crippen molar-refractivity contribution in [2.24, 2.45) is 5.90 Å². The van der Waals surface area contributed by atoms with E-state index in [-0.39, 0.29) is 28.1 Å². The molecule has 0 radical (unpaired) electrons. The Morgan fingerprint density at radius 1 is 1.00 bits per heavy atom. The second kappa shape index (κ2) is 19.0. The summed E-state index contributed by atoms with van der Waals surface area (Å²) < 4.78 is 34.9. The van der Waals surface area contributed by atoms with Crippen LogP contribution in [0.15, 0.2) is 30.3 Å². The Bertz CT molecular complexity index is 833. The summed E-state index contributed by atoms with van der Waals surface area (Å²) in [5.41, 5.74) is 0.901. The number of para-hydroxylation sites is 1. The zero-order valence-corrected chi connectivity index (χ0v) is 15.7. The van der Waals surface area contributed by atoms with E-state index in [9.17, 15) is 8.42 Å². The van der Waals surface area contributed by atoms with Gasteiger partial charge >= 0.3 is 10.4 Å². The molecule has 1 aromatic carbocycles. The van der Waals surface area contributed by atoms with Crippen LogP contribution in [0.4, 0.5) is 0 Å². The van der Waals surface area contributed by atoms with Gasteiger partial charge in [0.05, 0.1) is 0 Å². The van der Waals surface area contributed by atoms with Gasteiger partial charge in [-0.3, -0.25) is 0 Å². The van der Waals surface area contributed by atoms with Crippen LogP contribution in [-0.2, 0) is 18.9 Å². The van der Waals surface area contributed by atoms with Crippen molar-refractivity contribution < 1.29 is 21.6 Å². The molecule has 7 heteroatoms. The van der Waals surface area contributed by atoms with Crippen molar-refractivity contribution in [1.82, 2.24) is 0 Å². The van der Waals surface area contributed by atoms with Gasteiger partial charge < -0.3 is 4.74 Å². The van der Waals surface area contributed by atoms with Crippen LogP contribution in [0.3, 0.4) is 0 Å². The number of nitrogens with two attached hydrogens (primary N) is 1. The molecule has 0 aliphatic heterocycles. The fourth-order valence-corrected chi connectivity index (χ4v) is 1.76. The third-order valence-corrected chi connectivity index (χ3v) is 3.08. The van der Waals surface area contributed by atoms with E-state index in [0.29, 0.717) is 5.75 Å². The number of ether oxygens (including phenoxy) is 1. The summed E-state index contributed by atoms with van der Waals surface area (Å²) in [4.78, 5) is 0. The van der Waals surface area contributed by atoms with E-state index in [4.69, 9.17) is 4.74 Å². The molecule has 28 heavy (non-hydrogen) atoms. The second-order valence-electron chi connectivity index (χ2n) is 4.21. The van der Waals surface area contributed by atoms with Gasteiger partial charge in [0, 0.05) is 5.56 Å². The molecule has 1 aromatic rings. The molecule has 0 aromatic heterocycles. The second-order valence-corrected chi connectivity index (χ2v) is 5.46. The third kappa shape index (κ3) is 15.5. The average Bonchev–Trinajstić information content (AvgIpc) is 2.64. The van der Waals surface area contributed by atoms with Crippen LogP contribution < -0.4 is 10.6 Å². The first-order chi connectivity index (χ1) is 12.5. The van der Waals surface area contributed by atoms with Crippen LogP contribution in [0.5, 0.6) is 5.75 Å². The summed E-state index contributed by atoms with van der Waals surface area (Å²) in [6.07, 6.45) is 3.77. The first-order valence-corrected chi connectivity index (χ1v) is 8.79. The molecule has 154 valence electrons. The van der Waals surface area contributed by atoms with Crippen molar-refractivity contribution in [2.45, 2.75) is 35.6 Å². The molecule has 0 aliphatic carbocycles. The molecule has 2 N–H and O–H groups in total. The van der Waals surface area contributed by atoms with Crippen molar-refractivity contribution >= 4 is 16.5 Å². The van der Waals surface area contributed by atoms with Crippen molar-refractivity contribution in [3.63, 3.8) is 0 Å². The Hall–Kier alpha value is -2.73. The van der Waals surface area contributed by atoms with Crippen molar-refractivity contribution in [3.8, 4) is 41.3 Å². The quantitative estimate of drug-likeness (QED) is 0.422. The number of rotatable bonds is 7. The van der Waals surface area contributed by atoms with Crippen LogP contribution in [0, 0.1) is 35.5 Å². The van der Waals surface area contributed by atoms with E-state index in [1.807, 2.05) is 37.3 Å². The first kappa shape index (κ1) is 30.0. The highest BCUT2D eigenvalue weighted by Crippen LogP contribution is 2.19. The normalized spacial score (nSPS) is 8.71. The van der Waals surface area contributed by atoms with Crippen LogP contribution in [0.1, 0.15) is 41.2 Å². The lowest BCUT2D eigenvalue weighted by Gasteiger charge is -2.08.